The molecule has 0 aliphatic heterocycles. The van der Waals surface area contributed by atoms with E-state index in [1.165, 1.54) is 22.7 Å². The molecule has 0 fully saturated rings. The van der Waals surface area contributed by atoms with Crippen molar-refractivity contribution in [3.63, 3.8) is 0 Å². The van der Waals surface area contributed by atoms with Crippen LogP contribution in [-0.4, -0.2) is 25.5 Å². The molecular weight excluding hydrogens is 443 g/mol. The molecule has 3 heterocycles. The van der Waals surface area contributed by atoms with Crippen LogP contribution in [0.1, 0.15) is 39.0 Å². The molecule has 1 amide bonds. The summed E-state index contributed by atoms with van der Waals surface area (Å²) in [6.45, 7) is 7.53. The standard InChI is InChI=1S/C25H24F3N5O/c1-5-15-8-9-16(13-19(15)31-23(34)24(2,3)4)20-14-33-21(30-20)11-10-18(32-33)17-7-6-12-29-22(17)25(26,27)28/h6-14H,5H2,1-4H3,(H,31,34). The molecule has 1 aromatic carbocycles. The first kappa shape index (κ1) is 23.4. The van der Waals surface area contributed by atoms with Gasteiger partial charge < -0.3 is 5.32 Å². The van der Waals surface area contributed by atoms with E-state index in [9.17, 15) is 18.0 Å². The van der Waals surface area contributed by atoms with E-state index in [-0.39, 0.29) is 17.2 Å². The van der Waals surface area contributed by atoms with Crippen LogP contribution in [0.15, 0.2) is 54.9 Å². The van der Waals surface area contributed by atoms with Crippen LogP contribution in [0.25, 0.3) is 28.2 Å². The molecule has 4 aromatic rings. The van der Waals surface area contributed by atoms with Crippen LogP contribution < -0.4 is 5.32 Å². The lowest BCUT2D eigenvalue weighted by Gasteiger charge is -2.19. The molecule has 0 radical (unpaired) electrons. The highest BCUT2D eigenvalue weighted by atomic mass is 19.4. The molecule has 0 unspecified atom stereocenters. The van der Waals surface area contributed by atoms with E-state index < -0.39 is 17.3 Å². The number of halogens is 3. The van der Waals surface area contributed by atoms with E-state index in [1.807, 2.05) is 45.9 Å². The van der Waals surface area contributed by atoms with Gasteiger partial charge in [0.2, 0.25) is 5.91 Å². The molecule has 1 N–H and O–H groups in total. The zero-order valence-electron chi connectivity index (χ0n) is 19.2. The van der Waals surface area contributed by atoms with Gasteiger partial charge in [-0.05, 0) is 42.3 Å². The number of benzene rings is 1. The Labute approximate surface area is 194 Å². The number of anilines is 1. The van der Waals surface area contributed by atoms with Crippen molar-refractivity contribution >= 4 is 17.2 Å². The Kier molecular flexibility index (Phi) is 5.89. The summed E-state index contributed by atoms with van der Waals surface area (Å²) in [6, 6.07) is 11.6. The van der Waals surface area contributed by atoms with E-state index in [0.29, 0.717) is 17.0 Å². The molecular formula is C25H24F3N5O. The summed E-state index contributed by atoms with van der Waals surface area (Å²) in [7, 11) is 0. The Morgan fingerprint density at radius 2 is 1.82 bits per heavy atom. The van der Waals surface area contributed by atoms with Crippen molar-refractivity contribution in [2.24, 2.45) is 5.41 Å². The minimum Gasteiger partial charge on any atom is -0.325 e. The van der Waals surface area contributed by atoms with Gasteiger partial charge >= 0.3 is 6.18 Å². The quantitative estimate of drug-likeness (QED) is 0.398. The second-order valence-electron chi connectivity index (χ2n) is 8.97. The fourth-order valence-corrected chi connectivity index (χ4v) is 3.47. The highest BCUT2D eigenvalue weighted by molar-refractivity contribution is 5.95. The second kappa shape index (κ2) is 8.55. The Hall–Kier alpha value is -3.75. The molecule has 34 heavy (non-hydrogen) atoms. The summed E-state index contributed by atoms with van der Waals surface area (Å²) in [5.74, 6) is -0.0994. The first-order valence-corrected chi connectivity index (χ1v) is 10.8. The van der Waals surface area contributed by atoms with Crippen molar-refractivity contribution in [2.75, 3.05) is 5.32 Å². The average Bonchev–Trinajstić information content (AvgIpc) is 3.21. The number of hydrogen-bond donors (Lipinski definition) is 1. The topological polar surface area (TPSA) is 72.2 Å². The number of rotatable bonds is 4. The number of amides is 1. The van der Waals surface area contributed by atoms with Gasteiger partial charge in [-0.25, -0.2) is 9.50 Å². The van der Waals surface area contributed by atoms with Crippen LogP contribution in [0.5, 0.6) is 0 Å². The van der Waals surface area contributed by atoms with Crippen molar-refractivity contribution in [1.82, 2.24) is 19.6 Å². The zero-order chi connectivity index (χ0) is 24.7. The van der Waals surface area contributed by atoms with E-state index in [4.69, 9.17) is 0 Å². The van der Waals surface area contributed by atoms with Gasteiger partial charge in [0, 0.05) is 28.4 Å². The SMILES string of the molecule is CCc1ccc(-c2cn3nc(-c4cccnc4C(F)(F)F)ccc3n2)cc1NC(=O)C(C)(C)C. The molecule has 0 spiro atoms. The van der Waals surface area contributed by atoms with Gasteiger partial charge in [-0.3, -0.25) is 9.78 Å². The fraction of sp³-hybridized carbons (Fsp3) is 0.280. The molecule has 0 saturated heterocycles. The minimum atomic E-state index is -4.59. The van der Waals surface area contributed by atoms with Crippen LogP contribution in [0, 0.1) is 5.41 Å². The second-order valence-corrected chi connectivity index (χ2v) is 8.97. The maximum absolute atomic E-state index is 13.4. The molecule has 9 heteroatoms. The summed E-state index contributed by atoms with van der Waals surface area (Å²) in [5.41, 5.74) is 2.01. The molecule has 6 nitrogen and oxygen atoms in total. The van der Waals surface area contributed by atoms with E-state index in [0.717, 1.165) is 23.7 Å². The largest absolute Gasteiger partial charge is 0.434 e. The van der Waals surface area contributed by atoms with E-state index in [2.05, 4.69) is 20.4 Å². The molecule has 4 rings (SSSR count). The maximum Gasteiger partial charge on any atom is 0.434 e. The van der Waals surface area contributed by atoms with E-state index in [1.54, 1.807) is 12.3 Å². The third kappa shape index (κ3) is 4.64. The van der Waals surface area contributed by atoms with Crippen LogP contribution in [0.4, 0.5) is 18.9 Å². The number of fused-ring (bicyclic) bond motifs is 1. The number of hydrogen-bond acceptors (Lipinski definition) is 4. The monoisotopic (exact) mass is 467 g/mol. The smallest absolute Gasteiger partial charge is 0.325 e. The lowest BCUT2D eigenvalue weighted by Crippen LogP contribution is -2.28. The van der Waals surface area contributed by atoms with Crippen molar-refractivity contribution in [2.45, 2.75) is 40.3 Å². The van der Waals surface area contributed by atoms with Crippen LogP contribution in [0.3, 0.4) is 0 Å². The zero-order valence-corrected chi connectivity index (χ0v) is 19.2. The summed E-state index contributed by atoms with van der Waals surface area (Å²) >= 11 is 0. The van der Waals surface area contributed by atoms with E-state index >= 15 is 0 Å². The van der Waals surface area contributed by atoms with Gasteiger partial charge in [0.05, 0.1) is 17.6 Å². The number of aromatic nitrogens is 4. The first-order valence-electron chi connectivity index (χ1n) is 10.8. The van der Waals surface area contributed by atoms with Crippen LogP contribution >= 0.6 is 0 Å². The first-order chi connectivity index (χ1) is 16.0. The third-order valence-corrected chi connectivity index (χ3v) is 5.39. The molecule has 0 bridgehead atoms. The highest BCUT2D eigenvalue weighted by Crippen LogP contribution is 2.35. The van der Waals surface area contributed by atoms with Crippen molar-refractivity contribution < 1.29 is 18.0 Å². The minimum absolute atomic E-state index is 0.0994. The van der Waals surface area contributed by atoms with Gasteiger partial charge in [-0.1, -0.05) is 39.8 Å². The number of carbonyl (C=O) groups excluding carboxylic acids is 1. The molecule has 176 valence electrons. The number of nitrogens with zero attached hydrogens (tertiary/aromatic N) is 4. The van der Waals surface area contributed by atoms with Gasteiger partial charge in [0.1, 0.15) is 0 Å². The summed E-state index contributed by atoms with van der Waals surface area (Å²) in [6.07, 6.45) is -1.10. The van der Waals surface area contributed by atoms with Crippen molar-refractivity contribution in [3.8, 4) is 22.5 Å². The molecule has 0 aliphatic carbocycles. The average molecular weight is 467 g/mol. The van der Waals surface area contributed by atoms with Gasteiger partial charge in [0.15, 0.2) is 11.3 Å². The highest BCUT2D eigenvalue weighted by Gasteiger charge is 2.35. The molecule has 0 aliphatic rings. The predicted octanol–water partition coefficient (Wildman–Crippen LogP) is 6.02. The number of nitrogens with one attached hydrogen (secondary N) is 1. The molecule has 0 atom stereocenters. The Balaban J connectivity index is 1.74. The lowest BCUT2D eigenvalue weighted by atomic mass is 9.95. The molecule has 3 aromatic heterocycles. The number of alkyl halides is 3. The predicted molar refractivity (Wildman–Crippen MR) is 124 cm³/mol. The number of pyridine rings is 1. The summed E-state index contributed by atoms with van der Waals surface area (Å²) in [5, 5.41) is 7.34. The van der Waals surface area contributed by atoms with Crippen molar-refractivity contribution in [1.29, 1.82) is 0 Å². The van der Waals surface area contributed by atoms with Gasteiger partial charge in [-0.2, -0.15) is 18.3 Å². The van der Waals surface area contributed by atoms with Crippen LogP contribution in [0.2, 0.25) is 0 Å². The van der Waals surface area contributed by atoms with Gasteiger partial charge in [-0.15, -0.1) is 0 Å². The fourth-order valence-electron chi connectivity index (χ4n) is 3.47. The van der Waals surface area contributed by atoms with Crippen LogP contribution in [-0.2, 0) is 17.4 Å². The Bertz CT molecular complexity index is 1370. The number of aryl methyl sites for hydroxylation is 1. The maximum atomic E-state index is 13.4. The Morgan fingerprint density at radius 1 is 1.06 bits per heavy atom. The molecule has 0 saturated carbocycles. The van der Waals surface area contributed by atoms with Crippen molar-refractivity contribution in [3.05, 3.63) is 66.1 Å². The summed E-state index contributed by atoms with van der Waals surface area (Å²) < 4.78 is 41.6. The normalized spacial score (nSPS) is 12.2. The summed E-state index contributed by atoms with van der Waals surface area (Å²) in [4.78, 5) is 20.6. The lowest BCUT2D eigenvalue weighted by molar-refractivity contribution is -0.140. The van der Waals surface area contributed by atoms with Gasteiger partial charge in [0.25, 0.3) is 0 Å². The Morgan fingerprint density at radius 3 is 2.50 bits per heavy atom. The third-order valence-electron chi connectivity index (χ3n) is 5.39. The number of carbonyl (C=O) groups is 1. The number of imidazole rings is 1.